The van der Waals surface area contributed by atoms with Crippen molar-refractivity contribution in [3.8, 4) is 0 Å². The van der Waals surface area contributed by atoms with E-state index in [2.05, 4.69) is 35.1 Å². The predicted molar refractivity (Wildman–Crippen MR) is 69.5 cm³/mol. The van der Waals surface area contributed by atoms with Gasteiger partial charge in [-0.15, -0.1) is 0 Å². The minimum absolute atomic E-state index is 0.259. The SMILES string of the molecule is CC1(C)CC1C(=O)NCC1CCCC1CBr. The van der Waals surface area contributed by atoms with E-state index in [1.165, 1.54) is 19.3 Å². The molecule has 0 bridgehead atoms. The highest BCUT2D eigenvalue weighted by molar-refractivity contribution is 9.09. The molecule has 2 saturated carbocycles. The number of nitrogens with one attached hydrogen (secondary N) is 1. The molecule has 0 aromatic heterocycles. The molecular formula is C13H22BrNO. The average Bonchev–Trinajstić information content (AvgIpc) is 2.71. The molecule has 3 unspecified atom stereocenters. The van der Waals surface area contributed by atoms with E-state index in [0.29, 0.717) is 5.92 Å². The summed E-state index contributed by atoms with van der Waals surface area (Å²) in [5.74, 6) is 2.03. The molecular weight excluding hydrogens is 266 g/mol. The second-order valence-electron chi connectivity index (χ2n) is 6.10. The number of carbonyl (C=O) groups excluding carboxylic acids is 1. The first kappa shape index (κ1) is 12.4. The number of rotatable bonds is 4. The monoisotopic (exact) mass is 287 g/mol. The van der Waals surface area contributed by atoms with E-state index in [9.17, 15) is 4.79 Å². The van der Waals surface area contributed by atoms with Crippen molar-refractivity contribution in [2.75, 3.05) is 11.9 Å². The summed E-state index contributed by atoms with van der Waals surface area (Å²) < 4.78 is 0. The number of hydrogen-bond donors (Lipinski definition) is 1. The summed E-state index contributed by atoms with van der Waals surface area (Å²) in [4.78, 5) is 11.8. The van der Waals surface area contributed by atoms with Gasteiger partial charge in [0, 0.05) is 17.8 Å². The van der Waals surface area contributed by atoms with Crippen molar-refractivity contribution in [3.05, 3.63) is 0 Å². The Balaban J connectivity index is 1.73. The van der Waals surface area contributed by atoms with Crippen LogP contribution < -0.4 is 5.32 Å². The van der Waals surface area contributed by atoms with Gasteiger partial charge >= 0.3 is 0 Å². The van der Waals surface area contributed by atoms with Gasteiger partial charge in [-0.05, 0) is 36.5 Å². The minimum Gasteiger partial charge on any atom is -0.356 e. The summed E-state index contributed by atoms with van der Waals surface area (Å²) in [7, 11) is 0. The smallest absolute Gasteiger partial charge is 0.223 e. The van der Waals surface area contributed by atoms with Crippen molar-refractivity contribution < 1.29 is 4.79 Å². The first-order valence-corrected chi connectivity index (χ1v) is 7.50. The van der Waals surface area contributed by atoms with E-state index < -0.39 is 0 Å². The molecule has 0 saturated heterocycles. The Morgan fingerprint density at radius 3 is 2.56 bits per heavy atom. The summed E-state index contributed by atoms with van der Waals surface area (Å²) in [5, 5.41) is 4.23. The Hall–Kier alpha value is -0.0500. The summed E-state index contributed by atoms with van der Waals surface area (Å²) >= 11 is 3.57. The molecule has 1 N–H and O–H groups in total. The molecule has 3 heteroatoms. The molecule has 0 aromatic carbocycles. The standard InChI is InChI=1S/C13H22BrNO/c1-13(2)6-11(13)12(16)15-8-10-5-3-4-9(10)7-14/h9-11H,3-8H2,1-2H3,(H,15,16). The topological polar surface area (TPSA) is 29.1 Å². The first-order valence-electron chi connectivity index (χ1n) is 6.38. The Kier molecular flexibility index (Phi) is 3.62. The lowest BCUT2D eigenvalue weighted by molar-refractivity contribution is -0.123. The Bertz CT molecular complexity index is 277. The van der Waals surface area contributed by atoms with Crippen LogP contribution in [0.2, 0.25) is 0 Å². The highest BCUT2D eigenvalue weighted by Gasteiger charge is 2.50. The van der Waals surface area contributed by atoms with Gasteiger partial charge < -0.3 is 5.32 Å². The highest BCUT2D eigenvalue weighted by atomic mass is 79.9. The summed E-state index contributed by atoms with van der Waals surface area (Å²) in [5.41, 5.74) is 0.259. The summed E-state index contributed by atoms with van der Waals surface area (Å²) in [6.07, 6.45) is 4.99. The first-order chi connectivity index (χ1) is 7.54. The van der Waals surface area contributed by atoms with Gasteiger partial charge in [-0.2, -0.15) is 0 Å². The quantitative estimate of drug-likeness (QED) is 0.792. The van der Waals surface area contributed by atoms with Crippen molar-refractivity contribution >= 4 is 21.8 Å². The van der Waals surface area contributed by atoms with Gasteiger partial charge in [0.1, 0.15) is 0 Å². The maximum Gasteiger partial charge on any atom is 0.223 e. The van der Waals surface area contributed by atoms with Crippen molar-refractivity contribution in [2.24, 2.45) is 23.2 Å². The second kappa shape index (κ2) is 4.67. The zero-order valence-electron chi connectivity index (χ0n) is 10.3. The second-order valence-corrected chi connectivity index (χ2v) is 6.74. The number of hydrogen-bond acceptors (Lipinski definition) is 1. The molecule has 0 aromatic rings. The lowest BCUT2D eigenvalue weighted by atomic mass is 9.98. The van der Waals surface area contributed by atoms with Gasteiger partial charge in [0.25, 0.3) is 0 Å². The maximum atomic E-state index is 11.8. The van der Waals surface area contributed by atoms with Gasteiger partial charge in [0.15, 0.2) is 0 Å². The van der Waals surface area contributed by atoms with Gasteiger partial charge in [-0.3, -0.25) is 4.79 Å². The number of halogens is 1. The summed E-state index contributed by atoms with van der Waals surface area (Å²) in [6.45, 7) is 5.24. The van der Waals surface area contributed by atoms with E-state index in [0.717, 1.165) is 24.2 Å². The fourth-order valence-electron chi connectivity index (χ4n) is 2.86. The van der Waals surface area contributed by atoms with Crippen molar-refractivity contribution in [1.29, 1.82) is 0 Å². The zero-order valence-corrected chi connectivity index (χ0v) is 11.8. The van der Waals surface area contributed by atoms with Crippen LogP contribution in [0.25, 0.3) is 0 Å². The number of alkyl halides is 1. The average molecular weight is 288 g/mol. The van der Waals surface area contributed by atoms with Crippen molar-refractivity contribution in [2.45, 2.75) is 39.5 Å². The fraction of sp³-hybridized carbons (Fsp3) is 0.923. The molecule has 2 rings (SSSR count). The Morgan fingerprint density at radius 1 is 1.38 bits per heavy atom. The third kappa shape index (κ3) is 2.61. The molecule has 1 amide bonds. The molecule has 0 aliphatic heterocycles. The van der Waals surface area contributed by atoms with Crippen LogP contribution in [0.1, 0.15) is 39.5 Å². The van der Waals surface area contributed by atoms with E-state index in [-0.39, 0.29) is 17.2 Å². The largest absolute Gasteiger partial charge is 0.356 e. The molecule has 2 fully saturated rings. The molecule has 0 radical (unpaired) electrons. The lowest BCUT2D eigenvalue weighted by Crippen LogP contribution is -2.33. The third-order valence-electron chi connectivity index (χ3n) is 4.38. The van der Waals surface area contributed by atoms with Crippen LogP contribution >= 0.6 is 15.9 Å². The van der Waals surface area contributed by atoms with E-state index in [4.69, 9.17) is 0 Å². The van der Waals surface area contributed by atoms with Crippen LogP contribution in [0.15, 0.2) is 0 Å². The Morgan fingerprint density at radius 2 is 2.00 bits per heavy atom. The van der Waals surface area contributed by atoms with Gasteiger partial charge in [0.05, 0.1) is 0 Å². The predicted octanol–water partition coefficient (Wildman–Crippen LogP) is 2.96. The lowest BCUT2D eigenvalue weighted by Gasteiger charge is -2.18. The minimum atomic E-state index is 0.259. The van der Waals surface area contributed by atoms with Gasteiger partial charge in [-0.1, -0.05) is 36.2 Å². The molecule has 2 nitrogen and oxygen atoms in total. The Labute approximate surface area is 107 Å². The van der Waals surface area contributed by atoms with Crippen molar-refractivity contribution in [3.63, 3.8) is 0 Å². The normalized spacial score (nSPS) is 36.1. The van der Waals surface area contributed by atoms with Gasteiger partial charge in [-0.25, -0.2) is 0 Å². The number of carbonyl (C=O) groups is 1. The zero-order chi connectivity index (χ0) is 11.8. The molecule has 2 aliphatic rings. The van der Waals surface area contributed by atoms with Gasteiger partial charge in [0.2, 0.25) is 5.91 Å². The maximum absolute atomic E-state index is 11.8. The van der Waals surface area contributed by atoms with Crippen LogP contribution in [0, 0.1) is 23.2 Å². The van der Waals surface area contributed by atoms with Crippen molar-refractivity contribution in [1.82, 2.24) is 5.32 Å². The molecule has 92 valence electrons. The van der Waals surface area contributed by atoms with E-state index in [1.54, 1.807) is 0 Å². The fourth-order valence-corrected chi connectivity index (χ4v) is 3.71. The third-order valence-corrected chi connectivity index (χ3v) is 5.21. The van der Waals surface area contributed by atoms with Crippen LogP contribution in [-0.4, -0.2) is 17.8 Å². The molecule has 0 spiro atoms. The van der Waals surface area contributed by atoms with E-state index >= 15 is 0 Å². The highest BCUT2D eigenvalue weighted by Crippen LogP contribution is 2.51. The van der Waals surface area contributed by atoms with E-state index in [1.807, 2.05) is 0 Å². The molecule has 3 atom stereocenters. The van der Waals surface area contributed by atoms with Crippen LogP contribution in [0.5, 0.6) is 0 Å². The van der Waals surface area contributed by atoms with Crippen LogP contribution in [-0.2, 0) is 4.79 Å². The molecule has 2 aliphatic carbocycles. The molecule has 0 heterocycles. The van der Waals surface area contributed by atoms with Crippen LogP contribution in [0.4, 0.5) is 0 Å². The molecule has 16 heavy (non-hydrogen) atoms. The summed E-state index contributed by atoms with van der Waals surface area (Å²) in [6, 6.07) is 0. The number of amides is 1. The van der Waals surface area contributed by atoms with Crippen LogP contribution in [0.3, 0.4) is 0 Å².